The number of amides is 2. The summed E-state index contributed by atoms with van der Waals surface area (Å²) < 4.78 is 20.6. The largest absolute Gasteiger partial charge is 0.344 e. The summed E-state index contributed by atoms with van der Waals surface area (Å²) in [6, 6.07) is 12.3. The first-order chi connectivity index (χ1) is 24.8. The van der Waals surface area contributed by atoms with Gasteiger partial charge in [0.2, 0.25) is 0 Å². The molecule has 3 N–H and O–H groups in total. The Morgan fingerprint density at radius 1 is 1.06 bits per heavy atom. The van der Waals surface area contributed by atoms with Gasteiger partial charge in [0.15, 0.2) is 5.82 Å². The third-order valence-electron chi connectivity index (χ3n) is 11.1. The molecule has 4 atom stereocenters. The molecule has 4 aromatic heterocycles. The first kappa shape index (κ1) is 34.7. The fourth-order valence-electron chi connectivity index (χ4n) is 8.52. The first-order valence-electron chi connectivity index (χ1n) is 18.6. The van der Waals surface area contributed by atoms with E-state index in [4.69, 9.17) is 27.3 Å². The molecule has 3 aliphatic rings. The van der Waals surface area contributed by atoms with Crippen LogP contribution in [0.2, 0.25) is 5.15 Å². The number of fused-ring (bicyclic) bond motifs is 5. The number of piperidine rings is 1. The van der Waals surface area contributed by atoms with Gasteiger partial charge in [-0.25, -0.2) is 19.3 Å². The summed E-state index contributed by atoms with van der Waals surface area (Å²) in [5.41, 5.74) is 10.9. The molecule has 5 aromatic rings. The number of hydrogen-bond acceptors (Lipinski definition) is 6. The number of benzene rings is 1. The number of aryl methyl sites for hydroxylation is 2. The minimum Gasteiger partial charge on any atom is -0.344 e. The van der Waals surface area contributed by atoms with Gasteiger partial charge in [-0.3, -0.25) is 9.59 Å². The Labute approximate surface area is 307 Å². The number of nitrogens with two attached hydrogens (primary N) is 1. The number of rotatable bonds is 3. The van der Waals surface area contributed by atoms with E-state index in [0.29, 0.717) is 70.8 Å². The number of carbonyl (C=O) groups excluding carboxylic acids is 2. The minimum absolute atomic E-state index is 0.0574. The molecular weight excluding hydrogens is 679 g/mol. The summed E-state index contributed by atoms with van der Waals surface area (Å²) in [6.45, 7) is 9.94. The van der Waals surface area contributed by atoms with Gasteiger partial charge in [-0.2, -0.15) is 0 Å². The second-order valence-electron chi connectivity index (χ2n) is 16.2. The second-order valence-corrected chi connectivity index (χ2v) is 16.6. The SMILES string of the molecule is C[C@H]1NC(=O)c2ccc(Cl)nc2CCCCCn2c(-c3nc4cc(C(=O)N5C[C@H](N)[C@@H]6CC[C@H]5C6)cc(F)c4n3CC(C)(C)C)cc3ccc1nc32. The maximum Gasteiger partial charge on any atom is 0.254 e. The number of aromatic nitrogens is 5. The van der Waals surface area contributed by atoms with Crippen LogP contribution in [0.1, 0.15) is 104 Å². The average molecular weight is 725 g/mol. The van der Waals surface area contributed by atoms with Crippen molar-refractivity contribution in [2.45, 2.75) is 104 Å². The van der Waals surface area contributed by atoms with Gasteiger partial charge < -0.3 is 25.1 Å². The van der Waals surface area contributed by atoms with Gasteiger partial charge in [0.25, 0.3) is 11.8 Å². The molecule has 0 radical (unpaired) electrons. The molecule has 0 spiro atoms. The normalized spacial score (nSPS) is 22.5. The number of carbonyl (C=O) groups is 2. The van der Waals surface area contributed by atoms with Crippen molar-refractivity contribution in [2.24, 2.45) is 17.1 Å². The van der Waals surface area contributed by atoms with Crippen LogP contribution in [-0.4, -0.2) is 59.4 Å². The molecular formula is C40H46ClFN8O2. The minimum atomic E-state index is -0.467. The van der Waals surface area contributed by atoms with Gasteiger partial charge in [-0.1, -0.05) is 38.8 Å². The lowest BCUT2D eigenvalue weighted by molar-refractivity contribution is 0.0603. The Hall–Kier alpha value is -4.35. The predicted molar refractivity (Wildman–Crippen MR) is 201 cm³/mol. The lowest BCUT2D eigenvalue weighted by atomic mass is 9.94. The van der Waals surface area contributed by atoms with Crippen molar-refractivity contribution in [3.05, 3.63) is 75.9 Å². The Morgan fingerprint density at radius 3 is 2.69 bits per heavy atom. The zero-order chi connectivity index (χ0) is 36.5. The highest BCUT2D eigenvalue weighted by Gasteiger charge is 2.41. The van der Waals surface area contributed by atoms with E-state index in [-0.39, 0.29) is 35.4 Å². The van der Waals surface area contributed by atoms with Gasteiger partial charge in [-0.15, -0.1) is 0 Å². The van der Waals surface area contributed by atoms with Crippen LogP contribution >= 0.6 is 11.6 Å². The maximum absolute atomic E-state index is 16.5. The van der Waals surface area contributed by atoms with Crippen molar-refractivity contribution in [1.82, 2.24) is 34.3 Å². The zero-order valence-corrected chi connectivity index (χ0v) is 31.0. The molecule has 8 rings (SSSR count). The number of nitrogens with zero attached hydrogens (tertiary/aromatic N) is 6. The van der Waals surface area contributed by atoms with Gasteiger partial charge in [0.05, 0.1) is 34.2 Å². The number of likely N-dealkylation sites (tertiary alicyclic amines) is 1. The van der Waals surface area contributed by atoms with Gasteiger partial charge in [0, 0.05) is 42.7 Å². The van der Waals surface area contributed by atoms with Crippen LogP contribution in [-0.2, 0) is 19.5 Å². The van der Waals surface area contributed by atoms with Gasteiger partial charge >= 0.3 is 0 Å². The highest BCUT2D eigenvalue weighted by Crippen LogP contribution is 2.38. The van der Waals surface area contributed by atoms with E-state index in [1.165, 1.54) is 6.07 Å². The van der Waals surface area contributed by atoms with Crippen LogP contribution in [0.4, 0.5) is 4.39 Å². The van der Waals surface area contributed by atoms with Crippen LogP contribution in [0.15, 0.2) is 42.5 Å². The number of pyridine rings is 2. The Morgan fingerprint density at radius 2 is 1.88 bits per heavy atom. The third-order valence-corrected chi connectivity index (χ3v) is 11.3. The molecule has 1 saturated heterocycles. The molecule has 12 heteroatoms. The molecule has 1 aromatic carbocycles. The standard InChI is InChI=1S/C40H46ClFN8O2/c1-22-30-13-10-24-19-33(48(36(24)46-30)15-7-5-6-8-31-27(38(51)44-22)12-14-34(41)45-31)37-47-32-18-25(17-28(42)35(32)50(37)21-40(2,3)4)39(52)49-20-29(43)23-9-11-26(49)16-23/h10,12-14,17-19,22-23,26,29H,5-9,11,15-16,20-21,43H2,1-4H3,(H,44,51)/t22-,23-,26+,29+/m1/s1. The molecule has 0 unspecified atom stereocenters. The Bertz CT molecular complexity index is 2220. The second kappa shape index (κ2) is 13.3. The Kier molecular flexibility index (Phi) is 8.85. The summed E-state index contributed by atoms with van der Waals surface area (Å²) in [7, 11) is 0. The highest BCUT2D eigenvalue weighted by molar-refractivity contribution is 6.29. The van der Waals surface area contributed by atoms with E-state index in [1.807, 2.05) is 28.5 Å². The number of halogens is 2. The van der Waals surface area contributed by atoms with Crippen LogP contribution in [0, 0.1) is 17.2 Å². The van der Waals surface area contributed by atoms with Crippen molar-refractivity contribution in [3.8, 4) is 11.5 Å². The highest BCUT2D eigenvalue weighted by atomic mass is 35.5. The molecule has 4 bridgehead atoms. The van der Waals surface area contributed by atoms with Crippen LogP contribution in [0.25, 0.3) is 33.6 Å². The van der Waals surface area contributed by atoms with Crippen LogP contribution in [0.5, 0.6) is 0 Å². The fraction of sp³-hybridized carbons (Fsp3) is 0.475. The third kappa shape index (κ3) is 6.36. The lowest BCUT2D eigenvalue weighted by Crippen LogP contribution is -2.51. The maximum atomic E-state index is 16.5. The van der Waals surface area contributed by atoms with Crippen molar-refractivity contribution in [3.63, 3.8) is 0 Å². The molecule has 10 nitrogen and oxygen atoms in total. The molecule has 2 aliphatic heterocycles. The van der Waals surface area contributed by atoms with Gasteiger partial charge in [0.1, 0.15) is 22.1 Å². The predicted octanol–water partition coefficient (Wildman–Crippen LogP) is 7.46. The van der Waals surface area contributed by atoms with Crippen molar-refractivity contribution >= 4 is 45.5 Å². The van der Waals surface area contributed by atoms with E-state index in [2.05, 4.69) is 41.7 Å². The molecule has 1 aliphatic carbocycles. The summed E-state index contributed by atoms with van der Waals surface area (Å²) >= 11 is 6.24. The van der Waals surface area contributed by atoms with Crippen molar-refractivity contribution < 1.29 is 14.0 Å². The zero-order valence-electron chi connectivity index (χ0n) is 30.3. The summed E-state index contributed by atoms with van der Waals surface area (Å²) in [6.07, 6.45) is 6.04. The molecule has 1 saturated carbocycles. The molecule has 2 amide bonds. The lowest BCUT2D eigenvalue weighted by Gasteiger charge is -2.37. The van der Waals surface area contributed by atoms with Crippen molar-refractivity contribution in [1.29, 1.82) is 0 Å². The first-order valence-corrected chi connectivity index (χ1v) is 19.0. The molecule has 2 fully saturated rings. The molecule has 52 heavy (non-hydrogen) atoms. The summed E-state index contributed by atoms with van der Waals surface area (Å²) in [5.74, 6) is 0.210. The van der Waals surface area contributed by atoms with E-state index in [1.54, 1.807) is 18.2 Å². The monoisotopic (exact) mass is 724 g/mol. The van der Waals surface area contributed by atoms with E-state index < -0.39 is 5.82 Å². The van der Waals surface area contributed by atoms with Crippen molar-refractivity contribution in [2.75, 3.05) is 6.54 Å². The van der Waals surface area contributed by atoms with Crippen LogP contribution < -0.4 is 11.1 Å². The number of imidazole rings is 1. The molecule has 272 valence electrons. The topological polar surface area (TPSA) is 124 Å². The smallest absolute Gasteiger partial charge is 0.254 e. The van der Waals surface area contributed by atoms with E-state index >= 15 is 4.39 Å². The summed E-state index contributed by atoms with van der Waals surface area (Å²) in [4.78, 5) is 43.9. The molecule has 6 heterocycles. The fourth-order valence-corrected chi connectivity index (χ4v) is 8.69. The number of nitrogens with one attached hydrogen (secondary N) is 1. The quantitative estimate of drug-likeness (QED) is 0.186. The Balaban J connectivity index is 1.22. The van der Waals surface area contributed by atoms with Crippen LogP contribution in [0.3, 0.4) is 0 Å². The van der Waals surface area contributed by atoms with E-state index in [0.717, 1.165) is 60.9 Å². The number of hydrogen-bond donors (Lipinski definition) is 2. The summed E-state index contributed by atoms with van der Waals surface area (Å²) in [5, 5.41) is 4.40. The van der Waals surface area contributed by atoms with E-state index in [9.17, 15) is 9.59 Å². The average Bonchev–Trinajstić information content (AvgIpc) is 3.79. The van der Waals surface area contributed by atoms with Gasteiger partial charge in [-0.05, 0) is 99.2 Å².